The molecule has 1 aromatic heterocycles. The van der Waals surface area contributed by atoms with Gasteiger partial charge in [0.15, 0.2) is 5.69 Å². The van der Waals surface area contributed by atoms with Crippen molar-refractivity contribution in [3.8, 4) is 5.75 Å². The third-order valence-corrected chi connectivity index (χ3v) is 4.32. The van der Waals surface area contributed by atoms with Gasteiger partial charge in [0.25, 0.3) is 5.91 Å². The molecule has 1 aliphatic heterocycles. The molecule has 0 saturated heterocycles. The maximum absolute atomic E-state index is 12.6. The Labute approximate surface area is 152 Å². The van der Waals surface area contributed by atoms with E-state index in [4.69, 9.17) is 4.74 Å². The topological polar surface area (TPSA) is 76.5 Å². The fraction of sp³-hybridized carbons (Fsp3) is 0.421. The minimum absolute atomic E-state index is 0.0591. The van der Waals surface area contributed by atoms with Gasteiger partial charge in [0, 0.05) is 12.6 Å². The molecule has 26 heavy (non-hydrogen) atoms. The third-order valence-electron chi connectivity index (χ3n) is 4.32. The molecule has 0 spiro atoms. The van der Waals surface area contributed by atoms with E-state index in [1.165, 1.54) is 0 Å². The van der Waals surface area contributed by atoms with Crippen LogP contribution in [0.3, 0.4) is 0 Å². The highest BCUT2D eigenvalue weighted by molar-refractivity contribution is 5.92. The van der Waals surface area contributed by atoms with Gasteiger partial charge >= 0.3 is 0 Å². The smallest absolute Gasteiger partial charge is 0.271 e. The number of aromatic nitrogens is 2. The van der Waals surface area contributed by atoms with E-state index in [1.54, 1.807) is 13.2 Å². The molecule has 1 N–H and O–H groups in total. The summed E-state index contributed by atoms with van der Waals surface area (Å²) in [6.45, 7) is 5.48. The molecule has 2 aromatic rings. The lowest BCUT2D eigenvalue weighted by molar-refractivity contribution is -0.132. The summed E-state index contributed by atoms with van der Waals surface area (Å²) >= 11 is 0. The molecule has 0 unspecified atom stereocenters. The zero-order valence-corrected chi connectivity index (χ0v) is 15.4. The molecular weight excluding hydrogens is 332 g/mol. The van der Waals surface area contributed by atoms with Crippen molar-refractivity contribution >= 4 is 11.8 Å². The molecule has 0 atom stereocenters. The van der Waals surface area contributed by atoms with Gasteiger partial charge in [-0.2, -0.15) is 5.10 Å². The van der Waals surface area contributed by atoms with Crippen molar-refractivity contribution in [2.75, 3.05) is 13.7 Å². The largest absolute Gasteiger partial charge is 0.497 e. The van der Waals surface area contributed by atoms with Crippen LogP contribution in [0.15, 0.2) is 30.3 Å². The number of hydrogen-bond donors (Lipinski definition) is 1. The second-order valence-electron chi connectivity index (χ2n) is 6.71. The Bertz CT molecular complexity index is 796. The molecule has 0 fully saturated rings. The van der Waals surface area contributed by atoms with Crippen LogP contribution in [-0.2, 0) is 24.3 Å². The molecule has 1 aliphatic rings. The highest BCUT2D eigenvalue weighted by Crippen LogP contribution is 2.17. The number of amides is 2. The summed E-state index contributed by atoms with van der Waals surface area (Å²) in [6.07, 6.45) is 0.346. The summed E-state index contributed by atoms with van der Waals surface area (Å²) in [5.41, 5.74) is 2.23. The number of benzene rings is 1. The van der Waals surface area contributed by atoms with E-state index in [0.717, 1.165) is 17.0 Å². The lowest BCUT2D eigenvalue weighted by Gasteiger charge is -2.27. The molecule has 0 aliphatic carbocycles. The van der Waals surface area contributed by atoms with Gasteiger partial charge in [0.1, 0.15) is 5.75 Å². The molecule has 1 aromatic carbocycles. The van der Waals surface area contributed by atoms with Crippen LogP contribution in [0.4, 0.5) is 0 Å². The predicted molar refractivity (Wildman–Crippen MR) is 96.9 cm³/mol. The zero-order valence-electron chi connectivity index (χ0n) is 15.4. The van der Waals surface area contributed by atoms with E-state index in [-0.39, 0.29) is 17.9 Å². The van der Waals surface area contributed by atoms with Gasteiger partial charge in [0.05, 0.1) is 32.3 Å². The summed E-state index contributed by atoms with van der Waals surface area (Å²) in [7, 11) is 1.62. The number of nitrogens with zero attached hydrogens (tertiary/aromatic N) is 3. The number of carbonyl (C=O) groups excluding carboxylic acids is 2. The van der Waals surface area contributed by atoms with E-state index < -0.39 is 0 Å². The molecular formula is C19H24N4O3. The van der Waals surface area contributed by atoms with E-state index in [1.807, 2.05) is 47.7 Å². The Balaban J connectivity index is 1.64. The number of hydrogen-bond acceptors (Lipinski definition) is 4. The van der Waals surface area contributed by atoms with Crippen molar-refractivity contribution in [2.24, 2.45) is 0 Å². The van der Waals surface area contributed by atoms with Crippen molar-refractivity contribution in [1.82, 2.24) is 20.0 Å². The van der Waals surface area contributed by atoms with Crippen LogP contribution in [0, 0.1) is 0 Å². The average Bonchev–Trinajstić information content (AvgIpc) is 3.05. The lowest BCUT2D eigenvalue weighted by atomic mass is 10.1. The monoisotopic (exact) mass is 356 g/mol. The van der Waals surface area contributed by atoms with Gasteiger partial charge in [-0.3, -0.25) is 14.3 Å². The van der Waals surface area contributed by atoms with Crippen LogP contribution in [0.1, 0.15) is 35.6 Å². The SMILES string of the molecule is COc1ccc(CC(=O)N2CCn3nc(C(=O)NC(C)C)cc3C2)cc1. The first kappa shape index (κ1) is 18.0. The summed E-state index contributed by atoms with van der Waals surface area (Å²) < 4.78 is 6.95. The van der Waals surface area contributed by atoms with E-state index >= 15 is 0 Å². The number of nitrogens with one attached hydrogen (secondary N) is 1. The summed E-state index contributed by atoms with van der Waals surface area (Å²) in [5.74, 6) is 0.657. The quantitative estimate of drug-likeness (QED) is 0.883. The van der Waals surface area contributed by atoms with Crippen LogP contribution < -0.4 is 10.1 Å². The molecule has 0 radical (unpaired) electrons. The first-order valence-electron chi connectivity index (χ1n) is 8.74. The van der Waals surface area contributed by atoms with Crippen molar-refractivity contribution in [1.29, 1.82) is 0 Å². The van der Waals surface area contributed by atoms with Gasteiger partial charge in [-0.25, -0.2) is 0 Å². The molecule has 2 amide bonds. The highest BCUT2D eigenvalue weighted by Gasteiger charge is 2.24. The van der Waals surface area contributed by atoms with Crippen LogP contribution >= 0.6 is 0 Å². The molecule has 0 bridgehead atoms. The number of ether oxygens (including phenoxy) is 1. The lowest BCUT2D eigenvalue weighted by Crippen LogP contribution is -2.39. The number of fused-ring (bicyclic) bond motifs is 1. The Morgan fingerprint density at radius 2 is 1.96 bits per heavy atom. The normalized spacial score (nSPS) is 13.5. The zero-order chi connectivity index (χ0) is 18.7. The number of rotatable bonds is 5. The molecule has 138 valence electrons. The summed E-state index contributed by atoms with van der Waals surface area (Å²) in [5, 5.41) is 7.19. The second kappa shape index (κ2) is 7.59. The van der Waals surface area contributed by atoms with Gasteiger partial charge in [0.2, 0.25) is 5.91 Å². The van der Waals surface area contributed by atoms with Crippen molar-refractivity contribution < 1.29 is 14.3 Å². The Kier molecular flexibility index (Phi) is 5.25. The first-order chi connectivity index (χ1) is 12.5. The van der Waals surface area contributed by atoms with E-state index in [2.05, 4.69) is 10.4 Å². The van der Waals surface area contributed by atoms with Gasteiger partial charge in [-0.1, -0.05) is 12.1 Å². The van der Waals surface area contributed by atoms with Crippen LogP contribution in [-0.4, -0.2) is 46.2 Å². The molecule has 7 nitrogen and oxygen atoms in total. The molecule has 0 saturated carbocycles. The maximum atomic E-state index is 12.6. The predicted octanol–water partition coefficient (Wildman–Crippen LogP) is 1.61. The Morgan fingerprint density at radius 1 is 1.23 bits per heavy atom. The fourth-order valence-electron chi connectivity index (χ4n) is 2.96. The molecule has 2 heterocycles. The molecule has 3 rings (SSSR count). The average molecular weight is 356 g/mol. The van der Waals surface area contributed by atoms with E-state index in [9.17, 15) is 9.59 Å². The van der Waals surface area contributed by atoms with E-state index in [0.29, 0.717) is 31.7 Å². The van der Waals surface area contributed by atoms with Gasteiger partial charge in [-0.15, -0.1) is 0 Å². The van der Waals surface area contributed by atoms with Gasteiger partial charge < -0.3 is 15.0 Å². The Morgan fingerprint density at radius 3 is 2.62 bits per heavy atom. The van der Waals surface area contributed by atoms with Gasteiger partial charge in [-0.05, 0) is 37.6 Å². The second-order valence-corrected chi connectivity index (χ2v) is 6.71. The van der Waals surface area contributed by atoms with Crippen molar-refractivity contribution in [2.45, 2.75) is 39.4 Å². The fourth-order valence-corrected chi connectivity index (χ4v) is 2.96. The van der Waals surface area contributed by atoms with Crippen LogP contribution in [0.5, 0.6) is 5.75 Å². The maximum Gasteiger partial charge on any atom is 0.271 e. The minimum atomic E-state index is -0.182. The summed E-state index contributed by atoms with van der Waals surface area (Å²) in [6, 6.07) is 9.34. The van der Waals surface area contributed by atoms with Crippen LogP contribution in [0.25, 0.3) is 0 Å². The number of carbonyl (C=O) groups is 2. The van der Waals surface area contributed by atoms with Crippen molar-refractivity contribution in [3.05, 3.63) is 47.3 Å². The number of methoxy groups -OCH3 is 1. The third kappa shape index (κ3) is 4.04. The summed E-state index contributed by atoms with van der Waals surface area (Å²) in [4.78, 5) is 26.5. The standard InChI is InChI=1S/C19H24N4O3/c1-13(2)20-19(25)17-11-15-12-22(8-9-23(15)21-17)18(24)10-14-4-6-16(26-3)7-5-14/h4-7,11,13H,8-10,12H2,1-3H3,(H,20,25). The minimum Gasteiger partial charge on any atom is -0.497 e. The Hall–Kier alpha value is -2.83. The van der Waals surface area contributed by atoms with Crippen LogP contribution in [0.2, 0.25) is 0 Å². The highest BCUT2D eigenvalue weighted by atomic mass is 16.5. The first-order valence-corrected chi connectivity index (χ1v) is 8.74. The van der Waals surface area contributed by atoms with Crippen molar-refractivity contribution in [3.63, 3.8) is 0 Å². The molecule has 7 heteroatoms.